The molecule has 0 fully saturated rings. The molecule has 0 bridgehead atoms. The van der Waals surface area contributed by atoms with E-state index < -0.39 is 0 Å². The minimum absolute atomic E-state index is 0.471. The van der Waals surface area contributed by atoms with E-state index in [9.17, 15) is 0 Å². The van der Waals surface area contributed by atoms with Gasteiger partial charge in [0.15, 0.2) is 0 Å². The normalized spacial score (nSPS) is 15.0. The van der Waals surface area contributed by atoms with Crippen molar-refractivity contribution < 1.29 is 0 Å². The van der Waals surface area contributed by atoms with Crippen LogP contribution in [0.25, 0.3) is 0 Å². The van der Waals surface area contributed by atoms with Crippen molar-refractivity contribution in [1.82, 2.24) is 4.90 Å². The van der Waals surface area contributed by atoms with Gasteiger partial charge >= 0.3 is 0 Å². The van der Waals surface area contributed by atoms with E-state index in [4.69, 9.17) is 5.41 Å². The first-order chi connectivity index (χ1) is 9.22. The smallest absolute Gasteiger partial charge is 0.140 e. The first kappa shape index (κ1) is 12.4. The summed E-state index contributed by atoms with van der Waals surface area (Å²) in [6.07, 6.45) is 1.12. The largest absolute Gasteiger partial charge is 0.340 e. The van der Waals surface area contributed by atoms with Crippen molar-refractivity contribution in [3.05, 3.63) is 51.7 Å². The standard InChI is InChI=1S/C15H17N3S/c1-18-7-6-11-4-5-13(9-12(11)10-18)17-15(16)14-3-2-8-19-14/h2-5,8-9H,6-7,10H2,1H3,(H2,16,17). The molecule has 1 aliphatic heterocycles. The number of nitrogens with zero attached hydrogens (tertiary/aromatic N) is 1. The number of fused-ring (bicyclic) bond motifs is 1. The third-order valence-electron chi connectivity index (χ3n) is 3.45. The van der Waals surface area contributed by atoms with E-state index in [0.29, 0.717) is 5.84 Å². The lowest BCUT2D eigenvalue weighted by Gasteiger charge is -2.25. The van der Waals surface area contributed by atoms with Gasteiger partial charge in [0.2, 0.25) is 0 Å². The van der Waals surface area contributed by atoms with Gasteiger partial charge in [0.25, 0.3) is 0 Å². The van der Waals surface area contributed by atoms with E-state index >= 15 is 0 Å². The molecule has 0 aliphatic carbocycles. The van der Waals surface area contributed by atoms with Gasteiger partial charge in [-0.3, -0.25) is 5.41 Å². The topological polar surface area (TPSA) is 39.1 Å². The van der Waals surface area contributed by atoms with E-state index in [1.54, 1.807) is 11.3 Å². The van der Waals surface area contributed by atoms with Crippen LogP contribution in [0.3, 0.4) is 0 Å². The van der Waals surface area contributed by atoms with Crippen molar-refractivity contribution >= 4 is 22.9 Å². The number of nitrogens with one attached hydrogen (secondary N) is 2. The Kier molecular flexibility index (Phi) is 3.36. The molecule has 1 aromatic heterocycles. The van der Waals surface area contributed by atoms with Crippen molar-refractivity contribution in [2.75, 3.05) is 18.9 Å². The molecule has 0 spiro atoms. The minimum Gasteiger partial charge on any atom is -0.340 e. The maximum Gasteiger partial charge on any atom is 0.140 e. The summed E-state index contributed by atoms with van der Waals surface area (Å²) in [5, 5.41) is 13.2. The molecule has 0 radical (unpaired) electrons. The van der Waals surface area contributed by atoms with Gasteiger partial charge in [-0.25, -0.2) is 0 Å². The molecule has 1 aliphatic rings. The zero-order chi connectivity index (χ0) is 13.2. The molecular formula is C15H17N3S. The Labute approximate surface area is 117 Å². The summed E-state index contributed by atoms with van der Waals surface area (Å²) in [7, 11) is 2.15. The SMILES string of the molecule is CN1CCc2ccc(NC(=N)c3cccs3)cc2C1. The van der Waals surface area contributed by atoms with Crippen molar-refractivity contribution in [3.63, 3.8) is 0 Å². The summed E-state index contributed by atoms with van der Waals surface area (Å²) in [6, 6.07) is 10.4. The molecule has 0 amide bonds. The number of likely N-dealkylation sites (N-methyl/N-ethyl adjacent to an activating group) is 1. The average molecular weight is 271 g/mol. The molecular weight excluding hydrogens is 254 g/mol. The van der Waals surface area contributed by atoms with Crippen LogP contribution in [-0.2, 0) is 13.0 Å². The van der Waals surface area contributed by atoms with E-state index in [-0.39, 0.29) is 0 Å². The molecule has 0 atom stereocenters. The monoisotopic (exact) mass is 271 g/mol. The van der Waals surface area contributed by atoms with Crippen LogP contribution in [0, 0.1) is 5.41 Å². The third kappa shape index (κ3) is 2.69. The van der Waals surface area contributed by atoms with Crippen LogP contribution in [0.1, 0.15) is 16.0 Å². The fraction of sp³-hybridized carbons (Fsp3) is 0.267. The van der Waals surface area contributed by atoms with Crippen molar-refractivity contribution in [1.29, 1.82) is 5.41 Å². The van der Waals surface area contributed by atoms with Gasteiger partial charge < -0.3 is 10.2 Å². The van der Waals surface area contributed by atoms with Gasteiger partial charge in [-0.15, -0.1) is 11.3 Å². The van der Waals surface area contributed by atoms with Crippen LogP contribution in [0.4, 0.5) is 5.69 Å². The second kappa shape index (κ2) is 5.15. The fourth-order valence-electron chi connectivity index (χ4n) is 2.40. The molecule has 0 saturated carbocycles. The number of amidine groups is 1. The molecule has 3 rings (SSSR count). The number of hydrogen-bond acceptors (Lipinski definition) is 3. The summed E-state index contributed by atoms with van der Waals surface area (Å²) in [5.74, 6) is 0.471. The van der Waals surface area contributed by atoms with Gasteiger partial charge in [0, 0.05) is 18.8 Å². The number of rotatable bonds is 2. The van der Waals surface area contributed by atoms with Crippen LogP contribution in [0.2, 0.25) is 0 Å². The Morgan fingerprint density at radius 1 is 1.32 bits per heavy atom. The van der Waals surface area contributed by atoms with Gasteiger partial charge in [-0.05, 0) is 48.2 Å². The predicted molar refractivity (Wildman–Crippen MR) is 81.3 cm³/mol. The van der Waals surface area contributed by atoms with Crippen LogP contribution in [-0.4, -0.2) is 24.3 Å². The van der Waals surface area contributed by atoms with Crippen molar-refractivity contribution in [3.8, 4) is 0 Å². The molecule has 4 heteroatoms. The molecule has 2 N–H and O–H groups in total. The summed E-state index contributed by atoms with van der Waals surface area (Å²) in [6.45, 7) is 2.13. The Hall–Kier alpha value is -1.65. The second-order valence-electron chi connectivity index (χ2n) is 4.95. The Balaban J connectivity index is 1.79. The van der Waals surface area contributed by atoms with E-state index in [0.717, 1.165) is 30.1 Å². The van der Waals surface area contributed by atoms with Crippen molar-refractivity contribution in [2.45, 2.75) is 13.0 Å². The molecule has 3 nitrogen and oxygen atoms in total. The zero-order valence-electron chi connectivity index (χ0n) is 10.9. The minimum atomic E-state index is 0.471. The van der Waals surface area contributed by atoms with Crippen LogP contribution >= 0.6 is 11.3 Å². The molecule has 19 heavy (non-hydrogen) atoms. The summed E-state index contributed by atoms with van der Waals surface area (Å²) in [5.41, 5.74) is 3.82. The third-order valence-corrected chi connectivity index (χ3v) is 4.33. The number of thiophene rings is 1. The van der Waals surface area contributed by atoms with Crippen LogP contribution in [0.15, 0.2) is 35.7 Å². The highest BCUT2D eigenvalue weighted by Gasteiger charge is 2.13. The molecule has 1 aromatic carbocycles. The quantitative estimate of drug-likeness (QED) is 0.650. The summed E-state index contributed by atoms with van der Waals surface area (Å²) < 4.78 is 0. The maximum atomic E-state index is 8.05. The van der Waals surface area contributed by atoms with E-state index in [2.05, 4.69) is 35.5 Å². The number of hydrogen-bond donors (Lipinski definition) is 2. The summed E-state index contributed by atoms with van der Waals surface area (Å²) in [4.78, 5) is 3.30. The van der Waals surface area contributed by atoms with Gasteiger partial charge in [-0.1, -0.05) is 12.1 Å². The lowest BCUT2D eigenvalue weighted by molar-refractivity contribution is 0.313. The van der Waals surface area contributed by atoms with Gasteiger partial charge in [-0.2, -0.15) is 0 Å². The number of benzene rings is 1. The maximum absolute atomic E-state index is 8.05. The van der Waals surface area contributed by atoms with Crippen molar-refractivity contribution in [2.24, 2.45) is 0 Å². The highest BCUT2D eigenvalue weighted by atomic mass is 32.1. The zero-order valence-corrected chi connectivity index (χ0v) is 11.8. The molecule has 2 heterocycles. The van der Waals surface area contributed by atoms with Gasteiger partial charge in [0.1, 0.15) is 5.84 Å². The Morgan fingerprint density at radius 2 is 2.21 bits per heavy atom. The first-order valence-corrected chi connectivity index (χ1v) is 7.30. The summed E-state index contributed by atoms with van der Waals surface area (Å²) >= 11 is 1.58. The molecule has 98 valence electrons. The lowest BCUT2D eigenvalue weighted by Crippen LogP contribution is -2.26. The predicted octanol–water partition coefficient (Wildman–Crippen LogP) is 3.17. The van der Waals surface area contributed by atoms with Crippen LogP contribution in [0.5, 0.6) is 0 Å². The number of anilines is 1. The molecule has 0 unspecified atom stereocenters. The Bertz CT molecular complexity index is 589. The van der Waals surface area contributed by atoms with Crippen LogP contribution < -0.4 is 5.32 Å². The lowest BCUT2D eigenvalue weighted by atomic mass is 9.99. The van der Waals surface area contributed by atoms with E-state index in [1.807, 2.05) is 17.5 Å². The second-order valence-corrected chi connectivity index (χ2v) is 5.90. The fourth-order valence-corrected chi connectivity index (χ4v) is 3.03. The highest BCUT2D eigenvalue weighted by molar-refractivity contribution is 7.12. The van der Waals surface area contributed by atoms with E-state index in [1.165, 1.54) is 11.1 Å². The first-order valence-electron chi connectivity index (χ1n) is 6.42. The Morgan fingerprint density at radius 3 is 3.00 bits per heavy atom. The molecule has 0 saturated heterocycles. The average Bonchev–Trinajstić information content (AvgIpc) is 2.92. The molecule has 2 aromatic rings. The van der Waals surface area contributed by atoms with Gasteiger partial charge in [0.05, 0.1) is 4.88 Å². The highest BCUT2D eigenvalue weighted by Crippen LogP contribution is 2.22.